The predicted molar refractivity (Wildman–Crippen MR) is 118 cm³/mol. The highest BCUT2D eigenvalue weighted by Gasteiger charge is 2.37. The number of aromatic nitrogens is 3. The zero-order valence-corrected chi connectivity index (χ0v) is 18.2. The standard InChI is InChI=1S/C23H19F3N6O3/c1-35-17-10-14(7-8-16(33)11-17)22(34)28-20-5-2-6-21(30-29-20)32-19(23(24,25)26)12-18(31-32)15-4-3-9-27-13-15/h2-13,17,21,33H,1H3,(H,28,34). The molecule has 0 radical (unpaired) electrons. The zero-order valence-electron chi connectivity index (χ0n) is 18.2. The highest BCUT2D eigenvalue weighted by Crippen LogP contribution is 2.35. The Balaban J connectivity index is 1.56. The van der Waals surface area contributed by atoms with Gasteiger partial charge in [0.05, 0.1) is 11.8 Å². The van der Waals surface area contributed by atoms with Crippen LogP contribution in [0.25, 0.3) is 11.3 Å². The Hall–Kier alpha value is -4.32. The number of pyridine rings is 1. The van der Waals surface area contributed by atoms with E-state index in [1.54, 1.807) is 12.1 Å². The van der Waals surface area contributed by atoms with E-state index in [1.807, 2.05) is 0 Å². The van der Waals surface area contributed by atoms with Crippen LogP contribution in [0.15, 0.2) is 101 Å². The minimum absolute atomic E-state index is 0.00615. The van der Waals surface area contributed by atoms with Crippen molar-refractivity contribution in [1.29, 1.82) is 0 Å². The summed E-state index contributed by atoms with van der Waals surface area (Å²) in [5.74, 6) is -0.635. The van der Waals surface area contributed by atoms with Crippen LogP contribution in [-0.2, 0) is 15.7 Å². The molecule has 3 heterocycles. The Kier molecular flexibility index (Phi) is 6.73. The van der Waals surface area contributed by atoms with Crippen LogP contribution >= 0.6 is 0 Å². The number of nitrogens with one attached hydrogen (secondary N) is 1. The molecule has 180 valence electrons. The third-order valence-corrected chi connectivity index (χ3v) is 4.94. The van der Waals surface area contributed by atoms with Crippen molar-refractivity contribution in [2.24, 2.45) is 10.2 Å². The van der Waals surface area contributed by atoms with E-state index < -0.39 is 30.0 Å². The molecule has 2 unspecified atom stereocenters. The Morgan fingerprint density at radius 1 is 1.26 bits per heavy atom. The molecule has 35 heavy (non-hydrogen) atoms. The number of rotatable bonds is 5. The number of carbonyl (C=O) groups is 1. The highest BCUT2D eigenvalue weighted by molar-refractivity contribution is 5.97. The zero-order chi connectivity index (χ0) is 25.0. The van der Waals surface area contributed by atoms with Crippen LogP contribution in [0.5, 0.6) is 0 Å². The molecule has 1 aliphatic heterocycles. The number of aliphatic hydroxyl groups is 1. The first-order chi connectivity index (χ1) is 16.7. The van der Waals surface area contributed by atoms with Crippen molar-refractivity contribution < 1.29 is 27.8 Å². The summed E-state index contributed by atoms with van der Waals surface area (Å²) < 4.78 is 47.0. The lowest BCUT2D eigenvalue weighted by molar-refractivity contribution is -0.144. The molecule has 0 fully saturated rings. The van der Waals surface area contributed by atoms with Gasteiger partial charge in [0.2, 0.25) is 0 Å². The number of aliphatic hydroxyl groups excluding tert-OH is 1. The number of nitrogens with zero attached hydrogens (tertiary/aromatic N) is 5. The van der Waals surface area contributed by atoms with E-state index in [-0.39, 0.29) is 22.8 Å². The molecule has 0 aromatic carbocycles. The maximum absolute atomic E-state index is 13.7. The lowest BCUT2D eigenvalue weighted by atomic mass is 10.2. The molecule has 2 atom stereocenters. The van der Waals surface area contributed by atoms with Crippen LogP contribution in [0, 0.1) is 0 Å². The first-order valence-corrected chi connectivity index (χ1v) is 10.3. The molecule has 0 bridgehead atoms. The Bertz CT molecular complexity index is 1290. The topological polar surface area (TPSA) is 114 Å². The van der Waals surface area contributed by atoms with Gasteiger partial charge < -0.3 is 15.2 Å². The number of amides is 1. The molecule has 9 nitrogen and oxygen atoms in total. The van der Waals surface area contributed by atoms with Gasteiger partial charge in [-0.3, -0.25) is 9.78 Å². The molecule has 1 amide bonds. The van der Waals surface area contributed by atoms with E-state index in [4.69, 9.17) is 4.74 Å². The summed E-state index contributed by atoms with van der Waals surface area (Å²) in [6.07, 6.45) is 6.20. The Morgan fingerprint density at radius 2 is 2.09 bits per heavy atom. The minimum atomic E-state index is -4.69. The van der Waals surface area contributed by atoms with Crippen LogP contribution in [0.4, 0.5) is 13.2 Å². The average molecular weight is 484 g/mol. The summed E-state index contributed by atoms with van der Waals surface area (Å²) in [5.41, 5.74) is -0.330. The van der Waals surface area contributed by atoms with Crippen molar-refractivity contribution in [1.82, 2.24) is 20.1 Å². The number of azo groups is 1. The minimum Gasteiger partial charge on any atom is -0.508 e. The second-order valence-electron chi connectivity index (χ2n) is 7.37. The molecule has 2 aliphatic rings. The monoisotopic (exact) mass is 484 g/mol. The summed E-state index contributed by atoms with van der Waals surface area (Å²) in [4.78, 5) is 16.6. The summed E-state index contributed by atoms with van der Waals surface area (Å²) in [6, 6.07) is 4.11. The lowest BCUT2D eigenvalue weighted by Crippen LogP contribution is -2.23. The second-order valence-corrected chi connectivity index (χ2v) is 7.37. The number of methoxy groups -OCH3 is 1. The first kappa shape index (κ1) is 23.8. The normalized spacial score (nSPS) is 19.9. The number of hydrogen-bond donors (Lipinski definition) is 2. The summed E-state index contributed by atoms with van der Waals surface area (Å²) in [7, 11) is 1.42. The molecule has 2 N–H and O–H groups in total. The molecular formula is C23H19F3N6O3. The molecule has 0 spiro atoms. The van der Waals surface area contributed by atoms with Gasteiger partial charge in [0.15, 0.2) is 12.0 Å². The van der Waals surface area contributed by atoms with Gasteiger partial charge in [-0.25, -0.2) is 4.68 Å². The van der Waals surface area contributed by atoms with Gasteiger partial charge in [-0.05, 0) is 54.7 Å². The number of halogens is 3. The SMILES string of the molecule is COC1C=C(O)C=CC(C(=O)NC2=CC=CC(n3nc(-c4cccnc4)cc3C(F)(F)F)N=N2)=C1. The van der Waals surface area contributed by atoms with Gasteiger partial charge in [-0.15, -0.1) is 5.11 Å². The van der Waals surface area contributed by atoms with Gasteiger partial charge in [0.25, 0.3) is 5.91 Å². The van der Waals surface area contributed by atoms with Gasteiger partial charge in [0, 0.05) is 30.6 Å². The van der Waals surface area contributed by atoms with Crippen molar-refractivity contribution >= 4 is 5.91 Å². The fourth-order valence-electron chi connectivity index (χ4n) is 3.26. The second kappa shape index (κ2) is 9.89. The third-order valence-electron chi connectivity index (χ3n) is 4.94. The largest absolute Gasteiger partial charge is 0.508 e. The highest BCUT2D eigenvalue weighted by atomic mass is 19.4. The van der Waals surface area contributed by atoms with Crippen molar-refractivity contribution in [3.8, 4) is 11.3 Å². The predicted octanol–water partition coefficient (Wildman–Crippen LogP) is 4.40. The molecule has 2 aromatic heterocycles. The summed E-state index contributed by atoms with van der Waals surface area (Å²) in [6.45, 7) is 0. The van der Waals surface area contributed by atoms with Gasteiger partial charge in [-0.1, -0.05) is 6.08 Å². The number of carbonyl (C=O) groups excluding carboxylic acids is 1. The van der Waals surface area contributed by atoms with E-state index in [0.717, 1.165) is 10.7 Å². The quantitative estimate of drug-likeness (QED) is 0.653. The maximum atomic E-state index is 13.7. The molecule has 1 aliphatic carbocycles. The van der Waals surface area contributed by atoms with E-state index in [2.05, 4.69) is 25.6 Å². The van der Waals surface area contributed by atoms with Crippen LogP contribution in [-0.4, -0.2) is 39.0 Å². The summed E-state index contributed by atoms with van der Waals surface area (Å²) >= 11 is 0. The molecule has 12 heteroatoms. The number of ether oxygens (including phenoxy) is 1. The molecule has 2 aromatic rings. The van der Waals surface area contributed by atoms with Crippen LogP contribution in [0.2, 0.25) is 0 Å². The summed E-state index contributed by atoms with van der Waals surface area (Å²) in [5, 5.41) is 24.2. The third kappa shape index (κ3) is 5.61. The first-order valence-electron chi connectivity index (χ1n) is 10.3. The van der Waals surface area contributed by atoms with E-state index >= 15 is 0 Å². The average Bonchev–Trinajstić information content (AvgIpc) is 3.04. The molecule has 0 saturated heterocycles. The van der Waals surface area contributed by atoms with Crippen LogP contribution < -0.4 is 5.32 Å². The molecular weight excluding hydrogens is 465 g/mol. The smallest absolute Gasteiger partial charge is 0.433 e. The number of allylic oxidation sites excluding steroid dienone is 3. The van der Waals surface area contributed by atoms with Gasteiger partial charge in [0.1, 0.15) is 11.5 Å². The number of hydrogen-bond acceptors (Lipinski definition) is 7. The van der Waals surface area contributed by atoms with Crippen molar-refractivity contribution in [3.63, 3.8) is 0 Å². The molecule has 4 rings (SSSR count). The fraction of sp³-hybridized carbons (Fsp3) is 0.174. The Morgan fingerprint density at radius 3 is 2.80 bits per heavy atom. The van der Waals surface area contributed by atoms with Crippen LogP contribution in [0.3, 0.4) is 0 Å². The fourth-order valence-corrected chi connectivity index (χ4v) is 3.26. The van der Waals surface area contributed by atoms with Gasteiger partial charge >= 0.3 is 6.18 Å². The van der Waals surface area contributed by atoms with E-state index in [0.29, 0.717) is 5.56 Å². The van der Waals surface area contributed by atoms with Crippen molar-refractivity contribution in [3.05, 3.63) is 96.0 Å². The van der Waals surface area contributed by atoms with E-state index in [9.17, 15) is 23.1 Å². The number of alkyl halides is 3. The van der Waals surface area contributed by atoms with E-state index in [1.165, 1.54) is 62.0 Å². The van der Waals surface area contributed by atoms with Crippen molar-refractivity contribution in [2.75, 3.05) is 7.11 Å². The van der Waals surface area contributed by atoms with Crippen molar-refractivity contribution in [2.45, 2.75) is 18.4 Å². The lowest BCUT2D eigenvalue weighted by Gasteiger charge is -2.13. The Labute approximate surface area is 197 Å². The van der Waals surface area contributed by atoms with Gasteiger partial charge in [-0.2, -0.15) is 23.4 Å². The van der Waals surface area contributed by atoms with Crippen LogP contribution in [0.1, 0.15) is 11.9 Å². The molecule has 0 saturated carbocycles. The maximum Gasteiger partial charge on any atom is 0.433 e.